The van der Waals surface area contributed by atoms with Gasteiger partial charge < -0.3 is 14.7 Å². The van der Waals surface area contributed by atoms with Crippen molar-refractivity contribution in [1.29, 1.82) is 0 Å². The van der Waals surface area contributed by atoms with E-state index < -0.39 is 0 Å². The predicted octanol–water partition coefficient (Wildman–Crippen LogP) is 20.0. The molecule has 0 amide bonds. The average Bonchev–Trinajstić information content (AvgIpc) is 3.59. The summed E-state index contributed by atoms with van der Waals surface area (Å²) in [5.74, 6) is 0. The summed E-state index contributed by atoms with van der Waals surface area (Å²) in [6, 6.07) is 21.6. The zero-order valence-corrected chi connectivity index (χ0v) is 52.0. The number of anilines is 4. The third-order valence-corrected chi connectivity index (χ3v) is 17.1. The lowest BCUT2D eigenvalue weighted by Gasteiger charge is -2.46. The number of rotatable bonds is 11. The van der Waals surface area contributed by atoms with Gasteiger partial charge in [0, 0.05) is 45.9 Å². The monoisotopic (exact) mass is 1040 g/mol. The molecule has 0 fully saturated rings. The highest BCUT2D eigenvalue weighted by Crippen LogP contribution is 2.56. The molecule has 5 heteroatoms. The third-order valence-electron chi connectivity index (χ3n) is 15.7. The van der Waals surface area contributed by atoms with Crippen LogP contribution in [-0.2, 0) is 10.8 Å². The summed E-state index contributed by atoms with van der Waals surface area (Å²) in [6.45, 7) is 56.6. The molecular weight excluding hydrogens is 950 g/mol. The number of aryl methyl sites for hydroxylation is 2. The summed E-state index contributed by atoms with van der Waals surface area (Å²) < 4.78 is 0. The maximum Gasteiger partial charge on any atom is 0.259 e. The molecule has 0 N–H and O–H groups in total. The van der Waals surface area contributed by atoms with Crippen LogP contribution in [0.25, 0.3) is 0 Å². The van der Waals surface area contributed by atoms with Crippen LogP contribution < -0.4 is 15.3 Å². The summed E-state index contributed by atoms with van der Waals surface area (Å²) in [7, 11) is 0. The first-order valence-corrected chi connectivity index (χ1v) is 29.1. The Morgan fingerprint density at radius 1 is 0.766 bits per heavy atom. The van der Waals surface area contributed by atoms with Crippen molar-refractivity contribution in [2.75, 3.05) is 9.80 Å². The van der Waals surface area contributed by atoms with Gasteiger partial charge in [0.2, 0.25) is 0 Å². The van der Waals surface area contributed by atoms with E-state index in [0.717, 1.165) is 22.6 Å². The second-order valence-electron chi connectivity index (χ2n) is 26.8. The van der Waals surface area contributed by atoms with Crippen molar-refractivity contribution in [3.63, 3.8) is 0 Å². The molecule has 3 nitrogen and oxygen atoms in total. The quantitative estimate of drug-likeness (QED) is 0.140. The Labute approximate surface area is 472 Å². The van der Waals surface area contributed by atoms with E-state index in [2.05, 4.69) is 307 Å². The van der Waals surface area contributed by atoms with E-state index in [1.165, 1.54) is 83.2 Å². The predicted molar refractivity (Wildman–Crippen MR) is 344 cm³/mol. The number of allylic oxidation sites excluding steroid dienone is 17. The van der Waals surface area contributed by atoms with Crippen LogP contribution in [0.15, 0.2) is 208 Å². The molecule has 77 heavy (non-hydrogen) atoms. The fourth-order valence-electron chi connectivity index (χ4n) is 11.0. The highest BCUT2D eigenvalue weighted by atomic mass is 32.2. The van der Waals surface area contributed by atoms with E-state index in [1.54, 1.807) is 0 Å². The second kappa shape index (κ2) is 22.1. The molecule has 3 aromatic rings. The molecule has 1 aliphatic carbocycles. The van der Waals surface area contributed by atoms with Crippen LogP contribution in [0, 0.1) is 30.1 Å². The molecule has 404 valence electrons. The first kappa shape index (κ1) is 58.8. The van der Waals surface area contributed by atoms with Crippen molar-refractivity contribution in [1.82, 2.24) is 4.90 Å². The SMILES string of the molecule is C=C/C=C(\C=C/C(C)N(c1ccc2c(c1)N(c1ccc(C(C)(C)C)cc1)/C(=C/C)C1=C(/C=C/C)N(C(/C=C\C(=C)C(C)(C)C)=C/C)C3=C(SC4C=CC=C(C(C)(C)C)C=C34)B12)c1c(C)cc(C(C)(C)C)cc1C)C(C)(C)C. The highest BCUT2D eigenvalue weighted by molar-refractivity contribution is 8.06. The Morgan fingerprint density at radius 3 is 1.94 bits per heavy atom. The molecule has 0 bridgehead atoms. The van der Waals surface area contributed by atoms with Gasteiger partial charge in [-0.15, -0.1) is 11.8 Å². The molecule has 0 spiro atoms. The molecule has 0 radical (unpaired) electrons. The van der Waals surface area contributed by atoms with Gasteiger partial charge in [0.05, 0.1) is 10.9 Å². The van der Waals surface area contributed by atoms with Gasteiger partial charge in [-0.25, -0.2) is 0 Å². The summed E-state index contributed by atoms with van der Waals surface area (Å²) in [5, 5.41) is 0.134. The Kier molecular flexibility index (Phi) is 16.9. The standard InChI is InChI=1S/C72H92BN3S/c1-24-29-51(69(12,13)14)35-34-50(8)74(65-47(5)43-54(44-48(65)6)72(21,22)23)57-41-42-59-62(46-57)75(56-39-36-52(37-40-56)70(15,16)17)60(27-4)64-61(30-25-2)76(55(26-3)38-33-49(7)68(9,10)11)66-58-45-53(71(18,19)20)31-28-32-63(58)77-67(66)73(59)64/h24-46,50,63H,1,7H2,2-6,8-23H3/b30-25+,35-34-,38-33-,51-29+,55-26+,60-27+. The fourth-order valence-corrected chi connectivity index (χ4v) is 12.5. The van der Waals surface area contributed by atoms with E-state index in [0.29, 0.717) is 0 Å². The van der Waals surface area contributed by atoms with Gasteiger partial charge >= 0.3 is 0 Å². The fraction of sp³-hybridized carbons (Fsp3) is 0.389. The lowest BCUT2D eigenvalue weighted by atomic mass is 9.35. The van der Waals surface area contributed by atoms with Crippen molar-refractivity contribution in [3.05, 3.63) is 230 Å². The largest absolute Gasteiger partial charge is 0.334 e. The van der Waals surface area contributed by atoms with Crippen LogP contribution in [0.3, 0.4) is 0 Å². The van der Waals surface area contributed by atoms with Gasteiger partial charge in [-0.05, 0) is 165 Å². The Morgan fingerprint density at radius 2 is 1.40 bits per heavy atom. The van der Waals surface area contributed by atoms with Crippen LogP contribution in [0.1, 0.15) is 154 Å². The van der Waals surface area contributed by atoms with Crippen LogP contribution in [-0.4, -0.2) is 22.9 Å². The minimum absolute atomic E-state index is 0.000247. The highest BCUT2D eigenvalue weighted by Gasteiger charge is 2.50. The van der Waals surface area contributed by atoms with Gasteiger partial charge in [-0.3, -0.25) is 0 Å². The van der Waals surface area contributed by atoms with Crippen molar-refractivity contribution in [2.45, 2.75) is 168 Å². The van der Waals surface area contributed by atoms with E-state index >= 15 is 0 Å². The summed E-state index contributed by atoms with van der Waals surface area (Å²) in [4.78, 5) is 9.13. The van der Waals surface area contributed by atoms with E-state index in [9.17, 15) is 0 Å². The first-order valence-electron chi connectivity index (χ1n) is 28.2. The van der Waals surface area contributed by atoms with Crippen molar-refractivity contribution < 1.29 is 0 Å². The summed E-state index contributed by atoms with van der Waals surface area (Å²) in [5.41, 5.74) is 22.1. The molecule has 4 aliphatic rings. The van der Waals surface area contributed by atoms with Gasteiger partial charge in [0.25, 0.3) is 6.71 Å². The summed E-state index contributed by atoms with van der Waals surface area (Å²) >= 11 is 2.03. The second-order valence-corrected chi connectivity index (χ2v) is 28.0. The molecule has 0 aromatic heterocycles. The number of nitrogens with zero attached hydrogens (tertiary/aromatic N) is 3. The zero-order chi connectivity index (χ0) is 56.9. The van der Waals surface area contributed by atoms with Gasteiger partial charge in [0.15, 0.2) is 0 Å². The van der Waals surface area contributed by atoms with E-state index in [4.69, 9.17) is 0 Å². The normalized spacial score (nSPS) is 18.8. The number of hydrogen-bond donors (Lipinski definition) is 0. The molecule has 2 unspecified atom stereocenters. The van der Waals surface area contributed by atoms with Crippen molar-refractivity contribution >= 4 is 46.7 Å². The number of fused-ring (bicyclic) bond motifs is 6. The molecule has 7 rings (SSSR count). The van der Waals surface area contributed by atoms with Crippen molar-refractivity contribution in [2.24, 2.45) is 16.2 Å². The van der Waals surface area contributed by atoms with Gasteiger partial charge in [0.1, 0.15) is 0 Å². The lowest BCUT2D eigenvalue weighted by molar-refractivity contribution is 0.514. The van der Waals surface area contributed by atoms with Crippen molar-refractivity contribution in [3.8, 4) is 0 Å². The molecule has 0 saturated heterocycles. The maximum absolute atomic E-state index is 4.57. The Balaban J connectivity index is 1.61. The molecule has 3 aliphatic heterocycles. The zero-order valence-electron chi connectivity index (χ0n) is 51.2. The topological polar surface area (TPSA) is 9.72 Å². The number of benzene rings is 3. The Hall–Kier alpha value is -5.91. The molecular formula is C72H92BN3S. The van der Waals surface area contributed by atoms with Gasteiger partial charge in [-0.2, -0.15) is 0 Å². The van der Waals surface area contributed by atoms with Crippen LogP contribution in [0.4, 0.5) is 22.7 Å². The molecule has 0 saturated carbocycles. The third kappa shape index (κ3) is 11.9. The molecule has 2 atom stereocenters. The van der Waals surface area contributed by atoms with E-state index in [1.807, 2.05) is 17.8 Å². The van der Waals surface area contributed by atoms with Crippen LogP contribution in [0.5, 0.6) is 0 Å². The molecule has 3 aromatic carbocycles. The average molecular weight is 1040 g/mol. The maximum atomic E-state index is 4.57. The first-order chi connectivity index (χ1) is 35.9. The van der Waals surface area contributed by atoms with Crippen LogP contribution in [0.2, 0.25) is 0 Å². The lowest BCUT2D eigenvalue weighted by Crippen LogP contribution is -2.50. The number of hydrogen-bond acceptors (Lipinski definition) is 4. The van der Waals surface area contributed by atoms with Crippen LogP contribution >= 0.6 is 11.8 Å². The smallest absolute Gasteiger partial charge is 0.259 e. The number of thioether (sulfide) groups is 1. The van der Waals surface area contributed by atoms with E-state index in [-0.39, 0.29) is 45.1 Å². The molecule has 3 heterocycles. The summed E-state index contributed by atoms with van der Waals surface area (Å²) in [6.07, 6.45) is 32.2. The Bertz CT molecular complexity index is 3140. The minimum Gasteiger partial charge on any atom is -0.334 e. The van der Waals surface area contributed by atoms with Gasteiger partial charge in [-0.1, -0.05) is 220 Å². The minimum atomic E-state index is -0.0747.